The fourth-order valence-electron chi connectivity index (χ4n) is 3.76. The first kappa shape index (κ1) is 24.6. The predicted molar refractivity (Wildman–Crippen MR) is 125 cm³/mol. The van der Waals surface area contributed by atoms with Crippen LogP contribution in [0.4, 0.5) is 0 Å². The number of amides is 2. The van der Waals surface area contributed by atoms with Crippen molar-refractivity contribution in [1.82, 2.24) is 9.47 Å². The Kier molecular flexibility index (Phi) is 8.61. The number of nitrogens with zero attached hydrogens (tertiary/aromatic N) is 3. The Labute approximate surface area is 192 Å². The van der Waals surface area contributed by atoms with Gasteiger partial charge in [-0.3, -0.25) is 9.59 Å². The van der Waals surface area contributed by atoms with Crippen LogP contribution in [0, 0.1) is 6.92 Å². The second kappa shape index (κ2) is 11.2. The van der Waals surface area contributed by atoms with Crippen molar-refractivity contribution in [2.45, 2.75) is 46.1 Å². The zero-order chi connectivity index (χ0) is 23.1. The van der Waals surface area contributed by atoms with Gasteiger partial charge < -0.3 is 14.2 Å². The van der Waals surface area contributed by atoms with Crippen molar-refractivity contribution in [3.8, 4) is 0 Å². The Bertz CT molecular complexity index is 1130. The molecule has 8 nitrogen and oxygen atoms in total. The van der Waals surface area contributed by atoms with Gasteiger partial charge in [-0.15, -0.1) is 0 Å². The van der Waals surface area contributed by atoms with E-state index in [0.717, 1.165) is 41.5 Å². The molecule has 1 aromatic carbocycles. The van der Waals surface area contributed by atoms with E-state index in [1.807, 2.05) is 36.6 Å². The number of aryl methyl sites for hydroxylation is 1. The van der Waals surface area contributed by atoms with Crippen LogP contribution in [0.3, 0.4) is 0 Å². The molecule has 1 fully saturated rings. The van der Waals surface area contributed by atoms with Gasteiger partial charge in [-0.1, -0.05) is 30.2 Å². The molecule has 1 aromatic heterocycles. The molecule has 2 aromatic rings. The van der Waals surface area contributed by atoms with Crippen LogP contribution in [0.1, 0.15) is 38.2 Å². The maximum Gasteiger partial charge on any atom is 0.263 e. The first-order valence-corrected chi connectivity index (χ1v) is 13.7. The van der Waals surface area contributed by atoms with Crippen LogP contribution in [0.2, 0.25) is 0 Å². The van der Waals surface area contributed by atoms with Crippen molar-refractivity contribution in [3.05, 3.63) is 28.6 Å². The summed E-state index contributed by atoms with van der Waals surface area (Å²) < 4.78 is 33.4. The van der Waals surface area contributed by atoms with Gasteiger partial charge >= 0.3 is 0 Å². The highest BCUT2D eigenvalue weighted by Gasteiger charge is 2.25. The fourth-order valence-corrected chi connectivity index (χ4v) is 6.03. The number of hydrogen-bond donors (Lipinski definition) is 0. The summed E-state index contributed by atoms with van der Waals surface area (Å²) in [4.78, 5) is 31.1. The Morgan fingerprint density at radius 1 is 1.12 bits per heavy atom. The van der Waals surface area contributed by atoms with E-state index in [0.29, 0.717) is 37.6 Å². The van der Waals surface area contributed by atoms with E-state index in [-0.39, 0.29) is 0 Å². The van der Waals surface area contributed by atoms with Gasteiger partial charge in [0, 0.05) is 26.2 Å². The molecular weight excluding hydrogens is 450 g/mol. The number of aromatic nitrogens is 1. The molecule has 0 bridgehead atoms. The van der Waals surface area contributed by atoms with E-state index in [4.69, 9.17) is 4.74 Å². The van der Waals surface area contributed by atoms with Crippen molar-refractivity contribution < 1.29 is 22.7 Å². The summed E-state index contributed by atoms with van der Waals surface area (Å²) in [5, 5.41) is 0. The number of ether oxygens (including phenoxy) is 1. The van der Waals surface area contributed by atoms with Crippen molar-refractivity contribution in [2.24, 2.45) is 4.99 Å². The van der Waals surface area contributed by atoms with E-state index < -0.39 is 33.2 Å². The van der Waals surface area contributed by atoms with Crippen molar-refractivity contribution >= 4 is 43.2 Å². The number of benzene rings is 1. The van der Waals surface area contributed by atoms with E-state index in [1.54, 1.807) is 4.90 Å². The van der Waals surface area contributed by atoms with Crippen LogP contribution >= 0.6 is 11.3 Å². The molecule has 10 heteroatoms. The average molecular weight is 482 g/mol. The van der Waals surface area contributed by atoms with Gasteiger partial charge in [0.1, 0.15) is 11.5 Å². The molecule has 0 aliphatic carbocycles. The van der Waals surface area contributed by atoms with Gasteiger partial charge in [-0.2, -0.15) is 4.99 Å². The molecule has 1 aliphatic heterocycles. The summed E-state index contributed by atoms with van der Waals surface area (Å²) in [6, 6.07) is 5.96. The molecule has 1 aliphatic rings. The summed E-state index contributed by atoms with van der Waals surface area (Å²) in [5.41, 5.74) is 2.01. The zero-order valence-electron chi connectivity index (χ0n) is 18.7. The molecule has 0 N–H and O–H groups in total. The van der Waals surface area contributed by atoms with Gasteiger partial charge in [0.25, 0.3) is 5.91 Å². The lowest BCUT2D eigenvalue weighted by Crippen LogP contribution is -2.37. The van der Waals surface area contributed by atoms with E-state index in [1.165, 1.54) is 11.3 Å². The summed E-state index contributed by atoms with van der Waals surface area (Å²) in [7, 11) is -3.90. The number of carbonyl (C=O) groups is 2. The molecule has 0 spiro atoms. The average Bonchev–Trinajstić information content (AvgIpc) is 2.89. The maximum absolute atomic E-state index is 12.6. The second-order valence-corrected chi connectivity index (χ2v) is 11.1. The minimum Gasteiger partial charge on any atom is -0.380 e. The molecule has 1 saturated heterocycles. The standard InChI is InChI=1S/C22H31N3O5S2/c1-3-30-13-12-25-18-9-8-17(2)14-19(18)31-22(25)23-20(26)15-32(28,29)16-21(27)24-10-6-4-5-7-11-24/h8-9,14H,3-7,10-13,15-16H2,1-2H3. The third kappa shape index (κ3) is 6.73. The number of sulfone groups is 1. The normalized spacial score (nSPS) is 15.8. The summed E-state index contributed by atoms with van der Waals surface area (Å²) in [6.45, 7) is 6.59. The van der Waals surface area contributed by atoms with Crippen LogP contribution in [-0.4, -0.2) is 67.5 Å². The SMILES string of the molecule is CCOCCn1c(=NC(=O)CS(=O)(=O)CC(=O)N2CCCCCC2)sc2cc(C)ccc21. The summed E-state index contributed by atoms with van der Waals surface area (Å²) in [5.74, 6) is -2.61. The third-order valence-corrected chi connectivity index (χ3v) is 7.78. The second-order valence-electron chi connectivity index (χ2n) is 8.04. The number of hydrogen-bond acceptors (Lipinski definition) is 6. The van der Waals surface area contributed by atoms with Crippen LogP contribution < -0.4 is 4.80 Å². The number of fused-ring (bicyclic) bond motifs is 1. The van der Waals surface area contributed by atoms with Gasteiger partial charge in [0.05, 0.1) is 16.8 Å². The lowest BCUT2D eigenvalue weighted by Gasteiger charge is -2.19. The molecule has 0 unspecified atom stereocenters. The maximum atomic E-state index is 12.6. The van der Waals surface area contributed by atoms with Crippen LogP contribution in [0.15, 0.2) is 23.2 Å². The number of likely N-dealkylation sites (tertiary alicyclic amines) is 1. The number of thiazole rings is 1. The van der Waals surface area contributed by atoms with E-state index in [2.05, 4.69) is 4.99 Å². The molecule has 0 radical (unpaired) electrons. The van der Waals surface area contributed by atoms with E-state index >= 15 is 0 Å². The molecule has 2 amide bonds. The Morgan fingerprint density at radius 2 is 1.84 bits per heavy atom. The third-order valence-electron chi connectivity index (χ3n) is 5.37. The van der Waals surface area contributed by atoms with Crippen molar-refractivity contribution in [2.75, 3.05) is 37.8 Å². The zero-order valence-corrected chi connectivity index (χ0v) is 20.3. The topological polar surface area (TPSA) is 98.0 Å². The molecule has 0 saturated carbocycles. The first-order valence-electron chi connectivity index (χ1n) is 11.0. The number of rotatable bonds is 8. The predicted octanol–water partition coefficient (Wildman–Crippen LogP) is 2.29. The minimum absolute atomic E-state index is 0.427. The number of carbonyl (C=O) groups excluding carboxylic acids is 2. The summed E-state index contributed by atoms with van der Waals surface area (Å²) >= 11 is 1.34. The molecule has 32 heavy (non-hydrogen) atoms. The van der Waals surface area contributed by atoms with Crippen LogP contribution in [0.5, 0.6) is 0 Å². The highest BCUT2D eigenvalue weighted by molar-refractivity contribution is 7.92. The lowest BCUT2D eigenvalue weighted by molar-refractivity contribution is -0.128. The molecule has 0 atom stereocenters. The fraction of sp³-hybridized carbons (Fsp3) is 0.591. The molecule has 3 rings (SSSR count). The molecule has 176 valence electrons. The monoisotopic (exact) mass is 481 g/mol. The van der Waals surface area contributed by atoms with Gasteiger partial charge in [-0.25, -0.2) is 8.42 Å². The lowest BCUT2D eigenvalue weighted by atomic mass is 10.2. The molecular formula is C22H31N3O5S2. The Morgan fingerprint density at radius 3 is 2.53 bits per heavy atom. The van der Waals surface area contributed by atoms with Crippen LogP contribution in [-0.2, 0) is 30.7 Å². The Hall–Kier alpha value is -2.04. The van der Waals surface area contributed by atoms with Crippen molar-refractivity contribution in [3.63, 3.8) is 0 Å². The largest absolute Gasteiger partial charge is 0.380 e. The molecule has 2 heterocycles. The van der Waals surface area contributed by atoms with E-state index in [9.17, 15) is 18.0 Å². The highest BCUT2D eigenvalue weighted by atomic mass is 32.2. The quantitative estimate of drug-likeness (QED) is 0.539. The van der Waals surface area contributed by atoms with Gasteiger partial charge in [-0.05, 0) is 44.4 Å². The van der Waals surface area contributed by atoms with Gasteiger partial charge in [0.2, 0.25) is 5.91 Å². The Balaban J connectivity index is 1.77. The minimum atomic E-state index is -3.90. The summed E-state index contributed by atoms with van der Waals surface area (Å²) in [6.07, 6.45) is 3.86. The van der Waals surface area contributed by atoms with Crippen LogP contribution in [0.25, 0.3) is 10.2 Å². The smallest absolute Gasteiger partial charge is 0.263 e. The highest BCUT2D eigenvalue weighted by Crippen LogP contribution is 2.19. The first-order chi connectivity index (χ1) is 15.3. The van der Waals surface area contributed by atoms with Crippen molar-refractivity contribution in [1.29, 1.82) is 0 Å². The van der Waals surface area contributed by atoms with Gasteiger partial charge in [0.15, 0.2) is 14.6 Å².